The number of likely N-dealkylation sites (N-methyl/N-ethyl adjacent to an activating group) is 3. The minimum absolute atomic E-state index is 0.0617. The highest BCUT2D eigenvalue weighted by atomic mass is 19.4. The zero-order chi connectivity index (χ0) is 16.8. The van der Waals surface area contributed by atoms with E-state index < -0.39 is 24.2 Å². The molecular weight excluding hydrogens is 289 g/mol. The molecule has 0 aromatic rings. The first kappa shape index (κ1) is 19.5. The van der Waals surface area contributed by atoms with Crippen LogP contribution in [0.15, 0.2) is 0 Å². The second-order valence-corrected chi connectivity index (χ2v) is 4.97. The Bertz CT molecular complexity index is 363. The Morgan fingerprint density at radius 3 is 1.95 bits per heavy atom. The maximum atomic E-state index is 12.3. The molecule has 0 saturated carbocycles. The van der Waals surface area contributed by atoms with Crippen molar-refractivity contribution in [2.75, 3.05) is 34.2 Å². The van der Waals surface area contributed by atoms with Crippen molar-refractivity contribution in [3.63, 3.8) is 0 Å². The summed E-state index contributed by atoms with van der Waals surface area (Å²) in [5, 5.41) is 5.43. The van der Waals surface area contributed by atoms with Gasteiger partial charge in [0.2, 0.25) is 0 Å². The van der Waals surface area contributed by atoms with Gasteiger partial charge in [0, 0.05) is 39.3 Å². The lowest BCUT2D eigenvalue weighted by molar-refractivity contribution is -0.185. The van der Waals surface area contributed by atoms with Crippen LogP contribution in [0.25, 0.3) is 0 Å². The molecule has 2 N–H and O–H groups in total. The van der Waals surface area contributed by atoms with E-state index in [9.17, 15) is 22.8 Å². The minimum Gasteiger partial charge on any atom is -0.336 e. The summed E-state index contributed by atoms with van der Waals surface area (Å²) in [7, 11) is 4.40. The zero-order valence-corrected chi connectivity index (χ0v) is 12.9. The third-order valence-corrected chi connectivity index (χ3v) is 3.25. The lowest BCUT2D eigenvalue weighted by atomic mass is 10.3. The van der Waals surface area contributed by atoms with Crippen molar-refractivity contribution in [2.45, 2.75) is 32.1 Å². The number of halogens is 3. The Morgan fingerprint density at radius 1 is 1.05 bits per heavy atom. The average molecular weight is 312 g/mol. The van der Waals surface area contributed by atoms with Crippen molar-refractivity contribution < 1.29 is 22.8 Å². The van der Waals surface area contributed by atoms with E-state index in [1.807, 2.05) is 6.92 Å². The molecule has 0 aliphatic heterocycles. The van der Waals surface area contributed by atoms with Crippen LogP contribution in [0, 0.1) is 0 Å². The molecule has 0 saturated heterocycles. The van der Waals surface area contributed by atoms with Crippen molar-refractivity contribution in [1.29, 1.82) is 0 Å². The summed E-state index contributed by atoms with van der Waals surface area (Å²) in [6.07, 6.45) is -4.91. The van der Waals surface area contributed by atoms with Crippen LogP contribution in [-0.2, 0) is 4.79 Å². The Kier molecular flexibility index (Phi) is 7.48. The number of nitrogens with zero attached hydrogens (tertiary/aromatic N) is 2. The van der Waals surface area contributed by atoms with Crippen molar-refractivity contribution in [3.8, 4) is 0 Å². The van der Waals surface area contributed by atoms with E-state index in [2.05, 4.69) is 10.6 Å². The van der Waals surface area contributed by atoms with E-state index in [-0.39, 0.29) is 12.6 Å². The van der Waals surface area contributed by atoms with E-state index in [4.69, 9.17) is 0 Å². The minimum atomic E-state index is -4.91. The van der Waals surface area contributed by atoms with Gasteiger partial charge >= 0.3 is 18.1 Å². The predicted octanol–water partition coefficient (Wildman–Crippen LogP) is 0.645. The largest absolute Gasteiger partial charge is 0.471 e. The Morgan fingerprint density at radius 2 is 1.52 bits per heavy atom. The van der Waals surface area contributed by atoms with Gasteiger partial charge in [-0.25, -0.2) is 4.79 Å². The van der Waals surface area contributed by atoms with Crippen LogP contribution < -0.4 is 10.6 Å². The standard InChI is InChI=1S/C12H23F3N4O2/c1-8(6-16-3)19(5)11(21)17-7-9(2)18(4)10(20)12(13,14)15/h8-9,16H,6-7H2,1-5H3,(H,17,21). The first-order valence-electron chi connectivity index (χ1n) is 6.51. The molecule has 0 fully saturated rings. The Labute approximate surface area is 122 Å². The molecule has 2 atom stereocenters. The van der Waals surface area contributed by atoms with Gasteiger partial charge in [0.15, 0.2) is 0 Å². The molecule has 9 heteroatoms. The van der Waals surface area contributed by atoms with E-state index in [1.54, 1.807) is 14.1 Å². The molecule has 0 heterocycles. The summed E-state index contributed by atoms with van der Waals surface area (Å²) in [5.41, 5.74) is 0. The van der Waals surface area contributed by atoms with E-state index >= 15 is 0 Å². The molecule has 21 heavy (non-hydrogen) atoms. The molecule has 6 nitrogen and oxygen atoms in total. The maximum absolute atomic E-state index is 12.3. The topological polar surface area (TPSA) is 64.7 Å². The lowest BCUT2D eigenvalue weighted by Gasteiger charge is -2.28. The molecule has 0 rings (SSSR count). The van der Waals surface area contributed by atoms with Gasteiger partial charge in [0.05, 0.1) is 0 Å². The fourth-order valence-corrected chi connectivity index (χ4v) is 1.53. The van der Waals surface area contributed by atoms with Gasteiger partial charge in [0.1, 0.15) is 0 Å². The highest BCUT2D eigenvalue weighted by Crippen LogP contribution is 2.18. The summed E-state index contributed by atoms with van der Waals surface area (Å²) in [5.74, 6) is -1.93. The van der Waals surface area contributed by atoms with Gasteiger partial charge in [-0.15, -0.1) is 0 Å². The van der Waals surface area contributed by atoms with Crippen molar-refractivity contribution in [3.05, 3.63) is 0 Å². The molecular formula is C12H23F3N4O2. The smallest absolute Gasteiger partial charge is 0.336 e. The van der Waals surface area contributed by atoms with Crippen LogP contribution in [-0.4, -0.2) is 74.2 Å². The van der Waals surface area contributed by atoms with Crippen molar-refractivity contribution in [2.24, 2.45) is 0 Å². The van der Waals surface area contributed by atoms with Crippen molar-refractivity contribution >= 4 is 11.9 Å². The molecule has 0 spiro atoms. The van der Waals surface area contributed by atoms with Gasteiger partial charge in [-0.05, 0) is 20.9 Å². The third-order valence-electron chi connectivity index (χ3n) is 3.25. The first-order chi connectivity index (χ1) is 9.52. The van der Waals surface area contributed by atoms with Crippen LogP contribution in [0.5, 0.6) is 0 Å². The van der Waals surface area contributed by atoms with Crippen LogP contribution >= 0.6 is 0 Å². The normalized spacial score (nSPS) is 14.3. The number of hydrogen-bond acceptors (Lipinski definition) is 3. The number of hydrogen-bond donors (Lipinski definition) is 2. The van der Waals surface area contributed by atoms with Crippen LogP contribution in [0.2, 0.25) is 0 Å². The van der Waals surface area contributed by atoms with Gasteiger partial charge < -0.3 is 20.4 Å². The number of alkyl halides is 3. The second kappa shape index (κ2) is 8.06. The molecule has 0 radical (unpaired) electrons. The molecule has 2 unspecified atom stereocenters. The number of nitrogens with one attached hydrogen (secondary N) is 2. The predicted molar refractivity (Wildman–Crippen MR) is 72.8 cm³/mol. The average Bonchev–Trinajstić information content (AvgIpc) is 2.40. The second-order valence-electron chi connectivity index (χ2n) is 4.97. The monoisotopic (exact) mass is 312 g/mol. The summed E-state index contributed by atoms with van der Waals surface area (Å²) in [6.45, 7) is 3.79. The van der Waals surface area contributed by atoms with Gasteiger partial charge in [-0.1, -0.05) is 0 Å². The summed E-state index contributed by atoms with van der Waals surface area (Å²) in [6, 6.07) is -1.24. The summed E-state index contributed by atoms with van der Waals surface area (Å²) < 4.78 is 36.9. The van der Waals surface area contributed by atoms with Gasteiger partial charge in [-0.3, -0.25) is 4.79 Å². The van der Waals surface area contributed by atoms with Gasteiger partial charge in [-0.2, -0.15) is 13.2 Å². The summed E-state index contributed by atoms with van der Waals surface area (Å²) >= 11 is 0. The fourth-order valence-electron chi connectivity index (χ4n) is 1.53. The van der Waals surface area contributed by atoms with Crippen LogP contribution in [0.4, 0.5) is 18.0 Å². The number of rotatable bonds is 6. The summed E-state index contributed by atoms with van der Waals surface area (Å²) in [4.78, 5) is 24.9. The van der Waals surface area contributed by atoms with Crippen LogP contribution in [0.1, 0.15) is 13.8 Å². The highest BCUT2D eigenvalue weighted by molar-refractivity contribution is 5.82. The fraction of sp³-hybridized carbons (Fsp3) is 0.833. The van der Waals surface area contributed by atoms with Gasteiger partial charge in [0.25, 0.3) is 0 Å². The molecule has 0 aliphatic rings. The number of amides is 3. The van der Waals surface area contributed by atoms with E-state index in [1.165, 1.54) is 11.8 Å². The number of carbonyl (C=O) groups is 2. The highest BCUT2D eigenvalue weighted by Gasteiger charge is 2.42. The number of carbonyl (C=O) groups excluding carboxylic acids is 2. The SMILES string of the molecule is CNCC(C)N(C)C(=O)NCC(C)N(C)C(=O)C(F)(F)F. The molecule has 0 aromatic heterocycles. The Hall–Kier alpha value is -1.51. The molecule has 0 aliphatic carbocycles. The first-order valence-corrected chi connectivity index (χ1v) is 6.51. The molecule has 124 valence electrons. The van der Waals surface area contributed by atoms with E-state index in [0.717, 1.165) is 7.05 Å². The molecule has 0 bridgehead atoms. The maximum Gasteiger partial charge on any atom is 0.471 e. The van der Waals surface area contributed by atoms with E-state index in [0.29, 0.717) is 11.4 Å². The lowest BCUT2D eigenvalue weighted by Crippen LogP contribution is -2.51. The quantitative estimate of drug-likeness (QED) is 0.757. The number of urea groups is 1. The Balaban J connectivity index is 4.39. The molecule has 3 amide bonds. The van der Waals surface area contributed by atoms with Crippen molar-refractivity contribution in [1.82, 2.24) is 20.4 Å². The van der Waals surface area contributed by atoms with Crippen LogP contribution in [0.3, 0.4) is 0 Å². The zero-order valence-electron chi connectivity index (χ0n) is 12.9. The third kappa shape index (κ3) is 6.19. The molecule has 0 aromatic carbocycles.